The van der Waals surface area contributed by atoms with E-state index in [4.69, 9.17) is 0 Å². The van der Waals surface area contributed by atoms with Crippen molar-refractivity contribution < 1.29 is 0 Å². The largest absolute Gasteiger partial charge is 0.116 e. The van der Waals surface area contributed by atoms with Crippen LogP contribution in [0.2, 0.25) is 0 Å². The lowest BCUT2D eigenvalue weighted by Crippen LogP contribution is -2.06. The van der Waals surface area contributed by atoms with E-state index in [0.717, 1.165) is 0 Å². The predicted molar refractivity (Wildman–Crippen MR) is 123 cm³/mol. The van der Waals surface area contributed by atoms with E-state index in [1.165, 1.54) is 20.9 Å². The van der Waals surface area contributed by atoms with E-state index >= 15 is 0 Å². The van der Waals surface area contributed by atoms with Crippen molar-refractivity contribution in [1.82, 2.24) is 0 Å². The van der Waals surface area contributed by atoms with Gasteiger partial charge in [-0.1, -0.05) is 97.1 Å². The molecule has 0 N–H and O–H groups in total. The molecule has 0 nitrogen and oxygen atoms in total. The molecule has 0 radical (unpaired) electrons. The molecule has 0 unspecified atom stereocenters. The van der Waals surface area contributed by atoms with Gasteiger partial charge in [-0.05, 0) is 35.4 Å². The van der Waals surface area contributed by atoms with Gasteiger partial charge in [-0.3, -0.25) is 0 Å². The molecule has 4 rings (SSSR count). The molecule has 0 saturated carbocycles. The second-order valence-electron chi connectivity index (χ2n) is 6.52. The van der Waals surface area contributed by atoms with Crippen LogP contribution in [0.25, 0.3) is 0 Å². The Labute approximate surface area is 176 Å². The zero-order chi connectivity index (χ0) is 19.0. The summed E-state index contributed by atoms with van der Waals surface area (Å²) in [6.07, 6.45) is 0. The molecule has 28 heavy (non-hydrogen) atoms. The van der Waals surface area contributed by atoms with Crippen molar-refractivity contribution in [2.24, 2.45) is 0 Å². The molecule has 0 amide bonds. The van der Waals surface area contributed by atoms with Crippen molar-refractivity contribution in [2.45, 2.75) is 20.3 Å². The Morgan fingerprint density at radius 1 is 0.357 bits per heavy atom. The molecule has 0 aromatic heterocycles. The van der Waals surface area contributed by atoms with E-state index in [1.807, 2.05) is 23.5 Å². The summed E-state index contributed by atoms with van der Waals surface area (Å²) in [5.41, 5.74) is 2.71. The van der Waals surface area contributed by atoms with Gasteiger partial charge < -0.3 is 0 Å². The number of benzene rings is 4. The third-order valence-corrected chi connectivity index (χ3v) is 7.40. The molecule has 0 saturated heterocycles. The Kier molecular flexibility index (Phi) is 6.54. The highest BCUT2D eigenvalue weighted by molar-refractivity contribution is 8.03. The summed E-state index contributed by atoms with van der Waals surface area (Å²) in [4.78, 5) is 2.59. The Balaban J connectivity index is 1.76. The summed E-state index contributed by atoms with van der Waals surface area (Å²) in [5.74, 6) is 0. The Hall–Kier alpha value is -2.42. The monoisotopic (exact) mass is 398 g/mol. The first-order valence-electron chi connectivity index (χ1n) is 9.43. The molecule has 4 aromatic carbocycles. The molecule has 0 heterocycles. The van der Waals surface area contributed by atoms with Crippen LogP contribution in [0.3, 0.4) is 0 Å². The van der Waals surface area contributed by atoms with Gasteiger partial charge in [-0.25, -0.2) is 0 Å². The molecule has 138 valence electrons. The number of hydrogen-bond acceptors (Lipinski definition) is 2. The van der Waals surface area contributed by atoms with Gasteiger partial charge in [-0.2, -0.15) is 0 Å². The Morgan fingerprint density at radius 3 is 0.964 bits per heavy atom. The van der Waals surface area contributed by atoms with Crippen LogP contribution in [0.1, 0.15) is 21.6 Å². The van der Waals surface area contributed by atoms with Crippen LogP contribution in [-0.4, -0.2) is 0 Å². The first kappa shape index (κ1) is 18.9. The summed E-state index contributed by atoms with van der Waals surface area (Å²) in [7, 11) is 0. The second-order valence-corrected chi connectivity index (χ2v) is 8.95. The fourth-order valence-corrected chi connectivity index (χ4v) is 5.88. The molecule has 0 bridgehead atoms. The molecule has 0 aliphatic carbocycles. The van der Waals surface area contributed by atoms with Gasteiger partial charge in [0, 0.05) is 9.79 Å². The highest BCUT2D eigenvalue weighted by atomic mass is 32.2. The van der Waals surface area contributed by atoms with Crippen molar-refractivity contribution in [3.63, 3.8) is 0 Å². The lowest BCUT2D eigenvalue weighted by atomic mass is 10.0. The van der Waals surface area contributed by atoms with E-state index in [2.05, 4.69) is 121 Å². The molecule has 0 fully saturated rings. The first-order valence-corrected chi connectivity index (χ1v) is 11.2. The summed E-state index contributed by atoms with van der Waals surface area (Å²) >= 11 is 3.89. The van der Waals surface area contributed by atoms with Gasteiger partial charge in [0.2, 0.25) is 0 Å². The highest BCUT2D eigenvalue weighted by Crippen LogP contribution is 2.52. The van der Waals surface area contributed by atoms with Crippen LogP contribution in [0.4, 0.5) is 0 Å². The van der Waals surface area contributed by atoms with Gasteiger partial charge in [0.15, 0.2) is 0 Å². The first-order chi connectivity index (χ1) is 13.9. The molecule has 0 aliphatic heterocycles. The highest BCUT2D eigenvalue weighted by Gasteiger charge is 2.27. The SMILES string of the molecule is c1ccc(S[C@@H](c2ccccc2)[C@@H](Sc2ccccc2)c2ccccc2)cc1. The van der Waals surface area contributed by atoms with Crippen LogP contribution in [0, 0.1) is 0 Å². The van der Waals surface area contributed by atoms with Gasteiger partial charge in [0.05, 0.1) is 10.5 Å². The van der Waals surface area contributed by atoms with Crippen LogP contribution in [-0.2, 0) is 0 Å². The third kappa shape index (κ3) is 4.89. The average molecular weight is 399 g/mol. The molecular weight excluding hydrogens is 376 g/mol. The minimum absolute atomic E-state index is 0.302. The van der Waals surface area contributed by atoms with Crippen molar-refractivity contribution in [1.29, 1.82) is 0 Å². The van der Waals surface area contributed by atoms with E-state index in [1.54, 1.807) is 0 Å². The maximum absolute atomic E-state index is 2.25. The molecule has 2 heteroatoms. The third-order valence-electron chi connectivity index (χ3n) is 4.54. The van der Waals surface area contributed by atoms with Gasteiger partial charge in [0.1, 0.15) is 0 Å². The van der Waals surface area contributed by atoms with E-state index in [0.29, 0.717) is 10.5 Å². The lowest BCUT2D eigenvalue weighted by molar-refractivity contribution is 0.903. The molecule has 2 atom stereocenters. The lowest BCUT2D eigenvalue weighted by Gasteiger charge is -2.27. The Bertz CT molecular complexity index is 871. The van der Waals surface area contributed by atoms with Crippen LogP contribution in [0.15, 0.2) is 131 Å². The van der Waals surface area contributed by atoms with Gasteiger partial charge >= 0.3 is 0 Å². The van der Waals surface area contributed by atoms with Crippen LogP contribution < -0.4 is 0 Å². The van der Waals surface area contributed by atoms with Gasteiger partial charge in [0.25, 0.3) is 0 Å². The van der Waals surface area contributed by atoms with Crippen molar-refractivity contribution >= 4 is 23.5 Å². The van der Waals surface area contributed by atoms with Gasteiger partial charge in [-0.15, -0.1) is 23.5 Å². The summed E-state index contributed by atoms with van der Waals surface area (Å²) in [6, 6.07) is 43.2. The number of rotatable bonds is 7. The predicted octanol–water partition coefficient (Wildman–Crippen LogP) is 8.05. The molecule has 0 aliphatic rings. The molecule has 4 aromatic rings. The second kappa shape index (κ2) is 9.68. The maximum Gasteiger partial charge on any atom is 0.0507 e. The topological polar surface area (TPSA) is 0 Å². The normalized spacial score (nSPS) is 13.0. The quantitative estimate of drug-likeness (QED) is 0.289. The van der Waals surface area contributed by atoms with E-state index in [9.17, 15) is 0 Å². The van der Waals surface area contributed by atoms with E-state index < -0.39 is 0 Å². The van der Waals surface area contributed by atoms with Crippen LogP contribution >= 0.6 is 23.5 Å². The smallest absolute Gasteiger partial charge is 0.0507 e. The molecular formula is C26H22S2. The Morgan fingerprint density at radius 2 is 0.643 bits per heavy atom. The summed E-state index contributed by atoms with van der Waals surface area (Å²) in [6.45, 7) is 0. The van der Waals surface area contributed by atoms with Crippen molar-refractivity contribution in [3.05, 3.63) is 132 Å². The number of thioether (sulfide) groups is 2. The average Bonchev–Trinajstić information content (AvgIpc) is 2.79. The summed E-state index contributed by atoms with van der Waals surface area (Å²) < 4.78 is 0. The van der Waals surface area contributed by atoms with Crippen LogP contribution in [0.5, 0.6) is 0 Å². The minimum Gasteiger partial charge on any atom is -0.116 e. The minimum atomic E-state index is 0.302. The fraction of sp³-hybridized carbons (Fsp3) is 0.0769. The fourth-order valence-electron chi connectivity index (χ4n) is 3.19. The maximum atomic E-state index is 2.25. The standard InChI is InChI=1S/C26H22S2/c1-5-13-21(14-6-1)25(27-23-17-9-3-10-18-23)26(22-15-7-2-8-16-22)28-24-19-11-4-12-20-24/h1-20,25-26H/t25-,26-/m0/s1. The zero-order valence-electron chi connectivity index (χ0n) is 15.5. The zero-order valence-corrected chi connectivity index (χ0v) is 17.2. The summed E-state index contributed by atoms with van der Waals surface area (Å²) in [5, 5.41) is 0.604. The van der Waals surface area contributed by atoms with Crippen molar-refractivity contribution in [2.75, 3.05) is 0 Å². The van der Waals surface area contributed by atoms with E-state index in [-0.39, 0.29) is 0 Å². The number of hydrogen-bond donors (Lipinski definition) is 0. The van der Waals surface area contributed by atoms with Crippen molar-refractivity contribution in [3.8, 4) is 0 Å². The molecule has 0 spiro atoms.